The number of aryl methyl sites for hydroxylation is 2. The molecule has 1 heterocycles. The van der Waals surface area contributed by atoms with Crippen molar-refractivity contribution in [3.8, 4) is 5.75 Å². The number of nitrogens with one attached hydrogen (secondary N) is 1. The van der Waals surface area contributed by atoms with Gasteiger partial charge in [0.1, 0.15) is 11.4 Å². The summed E-state index contributed by atoms with van der Waals surface area (Å²) >= 11 is 0. The van der Waals surface area contributed by atoms with Gasteiger partial charge in [-0.2, -0.15) is 0 Å². The molecule has 1 aromatic carbocycles. The van der Waals surface area contributed by atoms with Gasteiger partial charge in [0.2, 0.25) is 0 Å². The monoisotopic (exact) mass is 310 g/mol. The molecule has 0 saturated heterocycles. The van der Waals surface area contributed by atoms with Crippen LogP contribution in [-0.4, -0.2) is 20.7 Å². The number of sulfonamides is 1. The van der Waals surface area contributed by atoms with Crippen LogP contribution in [0.15, 0.2) is 21.6 Å². The molecule has 0 saturated carbocycles. The lowest BCUT2D eigenvalue weighted by Crippen LogP contribution is -2.15. The normalized spacial score (nSPS) is 11.5. The van der Waals surface area contributed by atoms with Crippen molar-refractivity contribution >= 4 is 15.7 Å². The molecule has 2 rings (SSSR count). The molecule has 114 valence electrons. The predicted molar refractivity (Wildman–Crippen MR) is 79.3 cm³/mol. The van der Waals surface area contributed by atoms with E-state index in [0.29, 0.717) is 17.1 Å². The summed E-state index contributed by atoms with van der Waals surface area (Å²) < 4.78 is 37.7. The summed E-state index contributed by atoms with van der Waals surface area (Å²) in [7, 11) is -2.16. The van der Waals surface area contributed by atoms with Crippen LogP contribution in [0.4, 0.5) is 5.69 Å². The van der Waals surface area contributed by atoms with Crippen molar-refractivity contribution in [3.05, 3.63) is 34.7 Å². The van der Waals surface area contributed by atoms with E-state index in [-0.39, 0.29) is 10.7 Å². The standard InChI is InChI=1S/C14H18N2O4S/c1-8-9(2)13(19-5)7-6-12(8)16-21(17,18)14-10(3)15-20-11(14)4/h6-7,16H,1-5H3. The summed E-state index contributed by atoms with van der Waals surface area (Å²) in [5.74, 6) is 0.982. The first-order valence-electron chi connectivity index (χ1n) is 6.37. The molecule has 6 nitrogen and oxygen atoms in total. The molecular weight excluding hydrogens is 292 g/mol. The molecule has 0 aliphatic carbocycles. The Morgan fingerprint density at radius 1 is 1.14 bits per heavy atom. The molecule has 1 N–H and O–H groups in total. The summed E-state index contributed by atoms with van der Waals surface area (Å²) in [6.45, 7) is 6.88. The second-order valence-electron chi connectivity index (χ2n) is 4.82. The third kappa shape index (κ3) is 2.73. The summed E-state index contributed by atoms with van der Waals surface area (Å²) in [4.78, 5) is 0.0790. The van der Waals surface area contributed by atoms with Gasteiger partial charge >= 0.3 is 0 Å². The molecule has 0 amide bonds. The van der Waals surface area contributed by atoms with Crippen LogP contribution in [0.2, 0.25) is 0 Å². The van der Waals surface area contributed by atoms with Crippen LogP contribution >= 0.6 is 0 Å². The van der Waals surface area contributed by atoms with Crippen molar-refractivity contribution in [3.63, 3.8) is 0 Å². The molecule has 0 radical (unpaired) electrons. The number of hydrogen-bond donors (Lipinski definition) is 1. The zero-order valence-corrected chi connectivity index (χ0v) is 13.5. The number of methoxy groups -OCH3 is 1. The van der Waals surface area contributed by atoms with E-state index in [2.05, 4.69) is 9.88 Å². The van der Waals surface area contributed by atoms with Gasteiger partial charge in [-0.15, -0.1) is 0 Å². The van der Waals surface area contributed by atoms with Gasteiger partial charge in [0.15, 0.2) is 10.7 Å². The zero-order chi connectivity index (χ0) is 15.8. The fourth-order valence-corrected chi connectivity index (χ4v) is 3.64. The van der Waals surface area contributed by atoms with Crippen molar-refractivity contribution in [1.29, 1.82) is 0 Å². The predicted octanol–water partition coefficient (Wildman–Crippen LogP) is 2.72. The van der Waals surface area contributed by atoms with Gasteiger partial charge in [-0.3, -0.25) is 4.72 Å². The molecule has 0 bridgehead atoms. The first-order valence-corrected chi connectivity index (χ1v) is 7.86. The van der Waals surface area contributed by atoms with Crippen molar-refractivity contribution in [1.82, 2.24) is 5.16 Å². The molecule has 0 fully saturated rings. The first kappa shape index (κ1) is 15.4. The smallest absolute Gasteiger partial charge is 0.267 e. The Morgan fingerprint density at radius 3 is 2.33 bits per heavy atom. The van der Waals surface area contributed by atoms with Gasteiger partial charge < -0.3 is 9.26 Å². The molecule has 0 unspecified atom stereocenters. The molecular formula is C14H18N2O4S. The average Bonchev–Trinajstić information content (AvgIpc) is 2.75. The molecule has 7 heteroatoms. The molecule has 0 aliphatic heterocycles. The summed E-state index contributed by atoms with van der Waals surface area (Å²) in [6.07, 6.45) is 0. The Hall–Kier alpha value is -2.02. The van der Waals surface area contributed by atoms with E-state index in [0.717, 1.165) is 11.1 Å². The number of rotatable bonds is 4. The summed E-state index contributed by atoms with van der Waals surface area (Å²) in [6, 6.07) is 3.41. The zero-order valence-electron chi connectivity index (χ0n) is 12.6. The van der Waals surface area contributed by atoms with Gasteiger partial charge in [-0.25, -0.2) is 8.42 Å². The molecule has 21 heavy (non-hydrogen) atoms. The molecule has 0 spiro atoms. The van der Waals surface area contributed by atoms with Gasteiger partial charge in [0.25, 0.3) is 10.0 Å². The lowest BCUT2D eigenvalue weighted by atomic mass is 10.1. The minimum atomic E-state index is -3.74. The largest absolute Gasteiger partial charge is 0.496 e. The maximum Gasteiger partial charge on any atom is 0.267 e. The highest BCUT2D eigenvalue weighted by Crippen LogP contribution is 2.29. The van der Waals surface area contributed by atoms with Crippen LogP contribution in [0.1, 0.15) is 22.6 Å². The third-order valence-corrected chi connectivity index (χ3v) is 5.05. The topological polar surface area (TPSA) is 81.4 Å². The molecule has 2 aromatic rings. The fraction of sp³-hybridized carbons (Fsp3) is 0.357. The molecule has 0 atom stereocenters. The number of aromatic nitrogens is 1. The van der Waals surface area contributed by atoms with Crippen LogP contribution in [0.25, 0.3) is 0 Å². The second kappa shape index (κ2) is 5.40. The maximum absolute atomic E-state index is 12.5. The number of anilines is 1. The summed E-state index contributed by atoms with van der Waals surface area (Å²) in [5.41, 5.74) is 2.54. The van der Waals surface area contributed by atoms with E-state index < -0.39 is 10.0 Å². The summed E-state index contributed by atoms with van der Waals surface area (Å²) in [5, 5.41) is 3.68. The van der Waals surface area contributed by atoms with Crippen molar-refractivity contribution in [2.24, 2.45) is 0 Å². The fourth-order valence-electron chi connectivity index (χ4n) is 2.18. The Balaban J connectivity index is 2.45. The van der Waals surface area contributed by atoms with E-state index >= 15 is 0 Å². The Morgan fingerprint density at radius 2 is 1.81 bits per heavy atom. The van der Waals surface area contributed by atoms with Crippen molar-refractivity contribution in [2.45, 2.75) is 32.6 Å². The highest BCUT2D eigenvalue weighted by Gasteiger charge is 2.25. The van der Waals surface area contributed by atoms with Gasteiger partial charge in [-0.1, -0.05) is 5.16 Å². The first-order chi connectivity index (χ1) is 9.77. The number of nitrogens with zero attached hydrogens (tertiary/aromatic N) is 1. The number of ether oxygens (including phenoxy) is 1. The van der Waals surface area contributed by atoms with E-state index in [1.807, 2.05) is 13.8 Å². The minimum Gasteiger partial charge on any atom is -0.496 e. The minimum absolute atomic E-state index is 0.0790. The third-order valence-electron chi connectivity index (χ3n) is 3.44. The number of benzene rings is 1. The lowest BCUT2D eigenvalue weighted by Gasteiger charge is -2.14. The van der Waals surface area contributed by atoms with Crippen LogP contribution in [0.3, 0.4) is 0 Å². The van der Waals surface area contributed by atoms with Crippen LogP contribution in [-0.2, 0) is 10.0 Å². The highest BCUT2D eigenvalue weighted by molar-refractivity contribution is 7.92. The Kier molecular flexibility index (Phi) is 3.95. The van der Waals surface area contributed by atoms with Gasteiger partial charge in [0.05, 0.1) is 12.8 Å². The molecule has 0 aliphatic rings. The highest BCUT2D eigenvalue weighted by atomic mass is 32.2. The Bertz CT molecular complexity index is 759. The SMILES string of the molecule is COc1ccc(NS(=O)(=O)c2c(C)noc2C)c(C)c1C. The van der Waals surface area contributed by atoms with E-state index in [9.17, 15) is 8.42 Å². The van der Waals surface area contributed by atoms with E-state index in [1.54, 1.807) is 33.1 Å². The average molecular weight is 310 g/mol. The second-order valence-corrected chi connectivity index (χ2v) is 6.44. The number of hydrogen-bond acceptors (Lipinski definition) is 5. The Labute approximate surface area is 124 Å². The van der Waals surface area contributed by atoms with Crippen LogP contribution in [0.5, 0.6) is 5.75 Å². The van der Waals surface area contributed by atoms with Gasteiger partial charge in [0, 0.05) is 0 Å². The quantitative estimate of drug-likeness (QED) is 0.939. The van der Waals surface area contributed by atoms with Crippen molar-refractivity contribution < 1.29 is 17.7 Å². The molecule has 1 aromatic heterocycles. The van der Waals surface area contributed by atoms with Crippen LogP contribution < -0.4 is 9.46 Å². The van der Waals surface area contributed by atoms with E-state index in [4.69, 9.17) is 9.26 Å². The van der Waals surface area contributed by atoms with E-state index in [1.165, 1.54) is 0 Å². The lowest BCUT2D eigenvalue weighted by molar-refractivity contribution is 0.390. The maximum atomic E-state index is 12.5. The van der Waals surface area contributed by atoms with Crippen LogP contribution in [0, 0.1) is 27.7 Å². The van der Waals surface area contributed by atoms with Crippen molar-refractivity contribution in [2.75, 3.05) is 11.8 Å². The van der Waals surface area contributed by atoms with Gasteiger partial charge in [-0.05, 0) is 51.0 Å².